The van der Waals surface area contributed by atoms with Crippen LogP contribution in [0.15, 0.2) is 12.1 Å². The van der Waals surface area contributed by atoms with E-state index in [9.17, 15) is 22.8 Å². The van der Waals surface area contributed by atoms with Crippen LogP contribution >= 0.6 is 0 Å². The first-order valence-corrected chi connectivity index (χ1v) is 8.10. The van der Waals surface area contributed by atoms with Crippen molar-refractivity contribution in [3.63, 3.8) is 0 Å². The SMILES string of the molecule is CC(=O)N(CCC(=O)Nc1ccc(F)c(F)c1F)C1CCCCC1. The molecule has 4 nitrogen and oxygen atoms in total. The highest BCUT2D eigenvalue weighted by Crippen LogP contribution is 2.23. The number of nitrogens with one attached hydrogen (secondary N) is 1. The summed E-state index contributed by atoms with van der Waals surface area (Å²) in [5.74, 6) is -5.03. The molecule has 0 radical (unpaired) electrons. The molecule has 1 aliphatic rings. The van der Waals surface area contributed by atoms with E-state index in [4.69, 9.17) is 0 Å². The number of halogens is 3. The van der Waals surface area contributed by atoms with E-state index in [0.29, 0.717) is 0 Å². The lowest BCUT2D eigenvalue weighted by molar-refractivity contribution is -0.132. The molecule has 1 aromatic carbocycles. The highest BCUT2D eigenvalue weighted by atomic mass is 19.2. The third-order valence-electron chi connectivity index (χ3n) is 4.31. The minimum atomic E-state index is -1.62. The van der Waals surface area contributed by atoms with Crippen molar-refractivity contribution in [3.8, 4) is 0 Å². The summed E-state index contributed by atoms with van der Waals surface area (Å²) in [5.41, 5.74) is -0.411. The molecule has 1 N–H and O–H groups in total. The van der Waals surface area contributed by atoms with Gasteiger partial charge in [0.05, 0.1) is 5.69 Å². The van der Waals surface area contributed by atoms with Crippen LogP contribution in [0.2, 0.25) is 0 Å². The van der Waals surface area contributed by atoms with Crippen molar-refractivity contribution >= 4 is 17.5 Å². The normalized spacial score (nSPS) is 15.2. The number of anilines is 1. The molecule has 1 fully saturated rings. The summed E-state index contributed by atoms with van der Waals surface area (Å²) in [6.07, 6.45) is 5.06. The van der Waals surface area contributed by atoms with Gasteiger partial charge in [-0.1, -0.05) is 19.3 Å². The number of carbonyl (C=O) groups is 2. The van der Waals surface area contributed by atoms with Gasteiger partial charge in [-0.15, -0.1) is 0 Å². The monoisotopic (exact) mass is 342 g/mol. The third-order valence-corrected chi connectivity index (χ3v) is 4.31. The van der Waals surface area contributed by atoms with Gasteiger partial charge in [0.25, 0.3) is 0 Å². The third kappa shape index (κ3) is 4.49. The van der Waals surface area contributed by atoms with Crippen LogP contribution in [0.1, 0.15) is 45.4 Å². The highest BCUT2D eigenvalue weighted by molar-refractivity contribution is 5.91. The second kappa shape index (κ2) is 8.17. The van der Waals surface area contributed by atoms with Gasteiger partial charge in [0.15, 0.2) is 17.5 Å². The average molecular weight is 342 g/mol. The summed E-state index contributed by atoms with van der Waals surface area (Å²) in [4.78, 5) is 25.4. The van der Waals surface area contributed by atoms with Crippen molar-refractivity contribution in [1.82, 2.24) is 4.90 Å². The van der Waals surface area contributed by atoms with Crippen molar-refractivity contribution in [2.24, 2.45) is 0 Å². The number of benzene rings is 1. The van der Waals surface area contributed by atoms with Crippen LogP contribution in [0.4, 0.5) is 18.9 Å². The van der Waals surface area contributed by atoms with Crippen LogP contribution in [0, 0.1) is 17.5 Å². The Morgan fingerprint density at radius 2 is 1.79 bits per heavy atom. The molecule has 2 rings (SSSR count). The molecular weight excluding hydrogens is 321 g/mol. The number of carbonyl (C=O) groups excluding carboxylic acids is 2. The van der Waals surface area contributed by atoms with E-state index in [-0.39, 0.29) is 24.9 Å². The predicted octanol–water partition coefficient (Wildman–Crippen LogP) is 3.61. The minimum absolute atomic E-state index is 0.0332. The topological polar surface area (TPSA) is 49.4 Å². The number of hydrogen-bond acceptors (Lipinski definition) is 2. The second-order valence-corrected chi connectivity index (χ2v) is 6.03. The van der Waals surface area contributed by atoms with Crippen LogP contribution in [0.5, 0.6) is 0 Å². The Hall–Kier alpha value is -2.05. The highest BCUT2D eigenvalue weighted by Gasteiger charge is 2.24. The largest absolute Gasteiger partial charge is 0.339 e. The predicted molar refractivity (Wildman–Crippen MR) is 83.8 cm³/mol. The maximum Gasteiger partial charge on any atom is 0.226 e. The number of nitrogens with zero attached hydrogens (tertiary/aromatic N) is 1. The molecule has 0 aromatic heterocycles. The maximum absolute atomic E-state index is 13.5. The zero-order valence-corrected chi connectivity index (χ0v) is 13.6. The smallest absolute Gasteiger partial charge is 0.226 e. The first kappa shape index (κ1) is 18.3. The second-order valence-electron chi connectivity index (χ2n) is 6.03. The summed E-state index contributed by atoms with van der Waals surface area (Å²) < 4.78 is 39.6. The molecule has 0 aliphatic heterocycles. The summed E-state index contributed by atoms with van der Waals surface area (Å²) >= 11 is 0. The van der Waals surface area contributed by atoms with E-state index in [1.807, 2.05) is 0 Å². The minimum Gasteiger partial charge on any atom is -0.339 e. The summed E-state index contributed by atoms with van der Waals surface area (Å²) in [5, 5.41) is 2.22. The van der Waals surface area contributed by atoms with Crippen molar-refractivity contribution in [2.45, 2.75) is 51.5 Å². The lowest BCUT2D eigenvalue weighted by Gasteiger charge is -2.33. The molecule has 0 saturated heterocycles. The molecule has 132 valence electrons. The van der Waals surface area contributed by atoms with Crippen molar-refractivity contribution < 1.29 is 22.8 Å². The maximum atomic E-state index is 13.5. The molecule has 0 heterocycles. The van der Waals surface area contributed by atoms with Crippen LogP contribution in [-0.2, 0) is 9.59 Å². The quantitative estimate of drug-likeness (QED) is 0.831. The molecule has 0 spiro atoms. The molecule has 1 aromatic rings. The lowest BCUT2D eigenvalue weighted by atomic mass is 9.94. The van der Waals surface area contributed by atoms with Crippen molar-refractivity contribution in [1.29, 1.82) is 0 Å². The number of hydrogen-bond donors (Lipinski definition) is 1. The van der Waals surface area contributed by atoms with Crippen LogP contribution in [0.3, 0.4) is 0 Å². The molecular formula is C17H21F3N2O2. The summed E-state index contributed by atoms with van der Waals surface area (Å²) in [6, 6.07) is 1.84. The zero-order chi connectivity index (χ0) is 17.7. The van der Waals surface area contributed by atoms with Gasteiger partial charge in [-0.25, -0.2) is 13.2 Å². The summed E-state index contributed by atoms with van der Waals surface area (Å²) in [7, 11) is 0. The zero-order valence-electron chi connectivity index (χ0n) is 13.6. The van der Waals surface area contributed by atoms with Gasteiger partial charge in [0, 0.05) is 25.9 Å². The molecule has 0 bridgehead atoms. The Balaban J connectivity index is 1.94. The molecule has 24 heavy (non-hydrogen) atoms. The van der Waals surface area contributed by atoms with E-state index >= 15 is 0 Å². The Morgan fingerprint density at radius 1 is 1.12 bits per heavy atom. The Morgan fingerprint density at radius 3 is 2.42 bits per heavy atom. The molecule has 1 aliphatic carbocycles. The first-order valence-electron chi connectivity index (χ1n) is 8.10. The van der Waals surface area contributed by atoms with Gasteiger partial charge in [-0.3, -0.25) is 9.59 Å². The fourth-order valence-corrected chi connectivity index (χ4v) is 3.05. The molecule has 2 amide bonds. The van der Waals surface area contributed by atoms with E-state index in [1.165, 1.54) is 6.92 Å². The number of amides is 2. The molecule has 1 saturated carbocycles. The number of rotatable bonds is 5. The Labute approximate surface area is 139 Å². The van der Waals surface area contributed by atoms with E-state index in [0.717, 1.165) is 44.2 Å². The van der Waals surface area contributed by atoms with Gasteiger partial charge >= 0.3 is 0 Å². The van der Waals surface area contributed by atoms with Gasteiger partial charge in [-0.05, 0) is 25.0 Å². The first-order chi connectivity index (χ1) is 11.4. The van der Waals surface area contributed by atoms with Crippen molar-refractivity contribution in [3.05, 3.63) is 29.6 Å². The van der Waals surface area contributed by atoms with Gasteiger partial charge in [0.2, 0.25) is 11.8 Å². The Bertz CT molecular complexity index is 616. The summed E-state index contributed by atoms with van der Waals surface area (Å²) in [6.45, 7) is 1.68. The van der Waals surface area contributed by atoms with Crippen LogP contribution in [0.25, 0.3) is 0 Å². The van der Waals surface area contributed by atoms with Gasteiger partial charge < -0.3 is 10.2 Å². The fourth-order valence-electron chi connectivity index (χ4n) is 3.05. The van der Waals surface area contributed by atoms with E-state index in [2.05, 4.69) is 5.32 Å². The van der Waals surface area contributed by atoms with Crippen molar-refractivity contribution in [2.75, 3.05) is 11.9 Å². The van der Waals surface area contributed by atoms with Crippen LogP contribution < -0.4 is 5.32 Å². The van der Waals surface area contributed by atoms with E-state index < -0.39 is 29.0 Å². The fraction of sp³-hybridized carbons (Fsp3) is 0.529. The molecule has 7 heteroatoms. The van der Waals surface area contributed by atoms with Crippen LogP contribution in [-0.4, -0.2) is 29.3 Å². The average Bonchev–Trinajstić information content (AvgIpc) is 2.56. The van der Waals surface area contributed by atoms with E-state index in [1.54, 1.807) is 4.90 Å². The molecule has 0 unspecified atom stereocenters. The Kier molecular flexibility index (Phi) is 6.23. The van der Waals surface area contributed by atoms with Gasteiger partial charge in [0.1, 0.15) is 0 Å². The lowest BCUT2D eigenvalue weighted by Crippen LogP contribution is -2.41. The standard InChI is InChI=1S/C17H21F3N2O2/c1-11(23)22(12-5-3-2-4-6-12)10-9-15(24)21-14-8-7-13(18)16(19)17(14)20/h7-8,12H,2-6,9-10H2,1H3,(H,21,24). The van der Waals surface area contributed by atoms with Gasteiger partial charge in [-0.2, -0.15) is 0 Å². The molecule has 0 atom stereocenters.